The molecule has 0 spiro atoms. The predicted octanol–water partition coefficient (Wildman–Crippen LogP) is 1.30. The maximum atomic E-state index is 12.0. The van der Waals surface area contributed by atoms with Gasteiger partial charge in [0.25, 0.3) is 0 Å². The van der Waals surface area contributed by atoms with E-state index < -0.39 is 0 Å². The summed E-state index contributed by atoms with van der Waals surface area (Å²) in [6, 6.07) is 0. The highest BCUT2D eigenvalue weighted by Gasteiger charge is 2.29. The fourth-order valence-corrected chi connectivity index (χ4v) is 1.77. The van der Waals surface area contributed by atoms with Gasteiger partial charge in [0, 0.05) is 25.7 Å². The van der Waals surface area contributed by atoms with Crippen LogP contribution in [-0.2, 0) is 4.79 Å². The van der Waals surface area contributed by atoms with Crippen molar-refractivity contribution in [2.75, 3.05) is 33.2 Å². The number of hydrogen-bond acceptors (Lipinski definition) is 3. The second-order valence-corrected chi connectivity index (χ2v) is 4.88. The Morgan fingerprint density at radius 2 is 1.88 bits per heavy atom. The number of carbonyl (C=O) groups excluding carboxylic acids is 1. The average molecular weight is 243 g/mol. The lowest BCUT2D eigenvalue weighted by molar-refractivity contribution is -0.132. The summed E-state index contributed by atoms with van der Waals surface area (Å²) in [5.41, 5.74) is 5.80. The molecule has 1 atom stereocenters. The second kappa shape index (κ2) is 7.67. The highest BCUT2D eigenvalue weighted by atomic mass is 16.2. The van der Waals surface area contributed by atoms with Gasteiger partial charge in [0.2, 0.25) is 5.91 Å². The Hall–Kier alpha value is -0.610. The van der Waals surface area contributed by atoms with Gasteiger partial charge in [0.15, 0.2) is 0 Å². The van der Waals surface area contributed by atoms with E-state index in [1.807, 2.05) is 14.0 Å². The molecule has 17 heavy (non-hydrogen) atoms. The fourth-order valence-electron chi connectivity index (χ4n) is 1.77. The molecule has 1 amide bonds. The van der Waals surface area contributed by atoms with Crippen LogP contribution in [0.3, 0.4) is 0 Å². The highest BCUT2D eigenvalue weighted by molar-refractivity contribution is 5.78. The van der Waals surface area contributed by atoms with E-state index in [-0.39, 0.29) is 11.4 Å². The number of nitrogens with zero attached hydrogens (tertiary/aromatic N) is 2. The van der Waals surface area contributed by atoms with Crippen molar-refractivity contribution in [3.8, 4) is 0 Å². The molecule has 2 N–H and O–H groups in total. The summed E-state index contributed by atoms with van der Waals surface area (Å²) >= 11 is 0. The van der Waals surface area contributed by atoms with Crippen LogP contribution in [0.2, 0.25) is 0 Å². The van der Waals surface area contributed by atoms with Gasteiger partial charge in [-0.3, -0.25) is 9.69 Å². The summed E-state index contributed by atoms with van der Waals surface area (Å²) in [7, 11) is 1.85. The molecule has 0 aliphatic rings. The molecule has 0 fully saturated rings. The first-order chi connectivity index (χ1) is 7.95. The molecule has 4 heteroatoms. The van der Waals surface area contributed by atoms with E-state index in [4.69, 9.17) is 5.73 Å². The molecule has 0 saturated carbocycles. The third-order valence-electron chi connectivity index (χ3n) is 3.68. The second-order valence-electron chi connectivity index (χ2n) is 4.88. The summed E-state index contributed by atoms with van der Waals surface area (Å²) in [4.78, 5) is 16.0. The minimum Gasteiger partial charge on any atom is -0.345 e. The van der Waals surface area contributed by atoms with E-state index >= 15 is 0 Å². The normalized spacial score (nSPS) is 14.8. The molecule has 0 aliphatic heterocycles. The number of amides is 1. The van der Waals surface area contributed by atoms with E-state index in [1.165, 1.54) is 0 Å². The molecule has 0 heterocycles. The lowest BCUT2D eigenvalue weighted by Gasteiger charge is -2.40. The van der Waals surface area contributed by atoms with Gasteiger partial charge in [-0.15, -0.1) is 0 Å². The average Bonchev–Trinajstić information content (AvgIpc) is 2.36. The van der Waals surface area contributed by atoms with Crippen molar-refractivity contribution in [2.45, 2.75) is 46.1 Å². The fraction of sp³-hybridized carbons (Fsp3) is 0.923. The van der Waals surface area contributed by atoms with Crippen molar-refractivity contribution < 1.29 is 4.79 Å². The number of carbonyl (C=O) groups is 1. The summed E-state index contributed by atoms with van der Waals surface area (Å²) in [5.74, 6) is 0.175. The van der Waals surface area contributed by atoms with Gasteiger partial charge >= 0.3 is 0 Å². The van der Waals surface area contributed by atoms with Crippen molar-refractivity contribution in [1.82, 2.24) is 9.80 Å². The summed E-state index contributed by atoms with van der Waals surface area (Å²) in [5, 5.41) is 0. The maximum absolute atomic E-state index is 12.0. The molecule has 0 rings (SSSR count). The Bertz CT molecular complexity index is 227. The lowest BCUT2D eigenvalue weighted by Crippen LogP contribution is -2.54. The van der Waals surface area contributed by atoms with Crippen LogP contribution in [-0.4, -0.2) is 54.5 Å². The molecule has 0 bridgehead atoms. The predicted molar refractivity (Wildman–Crippen MR) is 72.9 cm³/mol. The van der Waals surface area contributed by atoms with Crippen LogP contribution in [0.15, 0.2) is 0 Å². The zero-order valence-electron chi connectivity index (χ0n) is 12.1. The van der Waals surface area contributed by atoms with Crippen LogP contribution in [0.4, 0.5) is 0 Å². The lowest BCUT2D eigenvalue weighted by atomic mass is 9.96. The van der Waals surface area contributed by atoms with E-state index in [0.717, 1.165) is 25.9 Å². The van der Waals surface area contributed by atoms with Crippen LogP contribution in [0.1, 0.15) is 40.5 Å². The van der Waals surface area contributed by atoms with Gasteiger partial charge < -0.3 is 10.6 Å². The van der Waals surface area contributed by atoms with Crippen molar-refractivity contribution in [3.05, 3.63) is 0 Å². The first-order valence-electron chi connectivity index (χ1n) is 6.64. The molecular weight excluding hydrogens is 214 g/mol. The molecule has 4 nitrogen and oxygen atoms in total. The zero-order valence-corrected chi connectivity index (χ0v) is 12.1. The topological polar surface area (TPSA) is 49.6 Å². The first-order valence-corrected chi connectivity index (χ1v) is 6.64. The van der Waals surface area contributed by atoms with Crippen molar-refractivity contribution in [3.63, 3.8) is 0 Å². The molecule has 0 aromatic heterocycles. The zero-order chi connectivity index (χ0) is 13.5. The maximum Gasteiger partial charge on any atom is 0.236 e. The summed E-state index contributed by atoms with van der Waals surface area (Å²) in [6.45, 7) is 11.1. The Morgan fingerprint density at radius 3 is 2.24 bits per heavy atom. The molecule has 0 aliphatic carbocycles. The van der Waals surface area contributed by atoms with Gasteiger partial charge in [-0.25, -0.2) is 0 Å². The SMILES string of the molecule is CCCN(CC(=O)N(C)CC)C(C)(CC)CN. The van der Waals surface area contributed by atoms with E-state index in [2.05, 4.69) is 25.7 Å². The third-order valence-corrected chi connectivity index (χ3v) is 3.68. The molecule has 0 aromatic rings. The van der Waals surface area contributed by atoms with Gasteiger partial charge in [-0.2, -0.15) is 0 Å². The Labute approximate surface area is 106 Å². The quantitative estimate of drug-likeness (QED) is 0.699. The molecule has 0 aromatic carbocycles. The van der Waals surface area contributed by atoms with Crippen LogP contribution in [0.5, 0.6) is 0 Å². The Morgan fingerprint density at radius 1 is 1.29 bits per heavy atom. The minimum atomic E-state index is -0.0692. The van der Waals surface area contributed by atoms with E-state index in [9.17, 15) is 4.79 Å². The van der Waals surface area contributed by atoms with Crippen LogP contribution < -0.4 is 5.73 Å². The molecule has 0 radical (unpaired) electrons. The molecule has 1 unspecified atom stereocenters. The van der Waals surface area contributed by atoms with Gasteiger partial charge in [0.1, 0.15) is 0 Å². The van der Waals surface area contributed by atoms with Crippen LogP contribution >= 0.6 is 0 Å². The number of likely N-dealkylation sites (N-methyl/N-ethyl adjacent to an activating group) is 1. The minimum absolute atomic E-state index is 0.0692. The third kappa shape index (κ3) is 4.64. The largest absolute Gasteiger partial charge is 0.345 e. The molecule has 102 valence electrons. The summed E-state index contributed by atoms with van der Waals surface area (Å²) < 4.78 is 0. The number of rotatable bonds is 8. The highest BCUT2D eigenvalue weighted by Crippen LogP contribution is 2.18. The standard InChI is InChI=1S/C13H29N3O/c1-6-9-16(13(4,7-2)11-14)10-12(17)15(5)8-3/h6-11,14H2,1-5H3. The van der Waals surface area contributed by atoms with Crippen molar-refractivity contribution >= 4 is 5.91 Å². The number of hydrogen-bond donors (Lipinski definition) is 1. The monoisotopic (exact) mass is 243 g/mol. The molecule has 0 saturated heterocycles. The smallest absolute Gasteiger partial charge is 0.236 e. The van der Waals surface area contributed by atoms with Gasteiger partial charge in [-0.1, -0.05) is 13.8 Å². The Kier molecular flexibility index (Phi) is 7.39. The molecular formula is C13H29N3O. The van der Waals surface area contributed by atoms with Crippen LogP contribution in [0.25, 0.3) is 0 Å². The Balaban J connectivity index is 4.68. The number of nitrogens with two attached hydrogens (primary N) is 1. The van der Waals surface area contributed by atoms with E-state index in [1.54, 1.807) is 4.90 Å². The van der Waals surface area contributed by atoms with Crippen molar-refractivity contribution in [2.24, 2.45) is 5.73 Å². The van der Waals surface area contributed by atoms with Crippen LogP contribution in [0, 0.1) is 0 Å². The van der Waals surface area contributed by atoms with Gasteiger partial charge in [0.05, 0.1) is 6.54 Å². The summed E-state index contributed by atoms with van der Waals surface area (Å²) in [6.07, 6.45) is 2.01. The van der Waals surface area contributed by atoms with Gasteiger partial charge in [-0.05, 0) is 33.2 Å². The van der Waals surface area contributed by atoms with Crippen molar-refractivity contribution in [1.29, 1.82) is 0 Å². The first kappa shape index (κ1) is 16.4. The van der Waals surface area contributed by atoms with E-state index in [0.29, 0.717) is 13.1 Å².